The first-order valence-corrected chi connectivity index (χ1v) is 3.53. The second-order valence-corrected chi connectivity index (χ2v) is 2.30. The van der Waals surface area contributed by atoms with Gasteiger partial charge in [0.15, 0.2) is 0 Å². The van der Waals surface area contributed by atoms with Crippen LogP contribution < -0.4 is 0 Å². The second-order valence-electron chi connectivity index (χ2n) is 2.30. The molecule has 1 aromatic rings. The Hall–Kier alpha value is -1.97. The van der Waals surface area contributed by atoms with Gasteiger partial charge < -0.3 is 0 Å². The zero-order valence-electron chi connectivity index (χ0n) is 6.64. The third-order valence-corrected chi connectivity index (χ3v) is 1.40. The van der Waals surface area contributed by atoms with Gasteiger partial charge in [0, 0.05) is 6.08 Å². The fourth-order valence-electron chi connectivity index (χ4n) is 0.827. The molecule has 0 bridgehead atoms. The maximum Gasteiger partial charge on any atom is 0.321 e. The molecule has 1 radical (unpaired) electrons. The molecule has 0 aliphatic rings. The Bertz CT molecular complexity index is 343. The average molecular weight is 176 g/mol. The third-order valence-electron chi connectivity index (χ3n) is 1.40. The Morgan fingerprint density at radius 2 is 2.00 bits per heavy atom. The van der Waals surface area contributed by atoms with Crippen LogP contribution in [0.4, 0.5) is 0 Å². The van der Waals surface area contributed by atoms with Crippen molar-refractivity contribution in [2.75, 3.05) is 0 Å². The molecule has 0 aromatic heterocycles. The van der Waals surface area contributed by atoms with Gasteiger partial charge in [0.25, 0.3) is 0 Å². The summed E-state index contributed by atoms with van der Waals surface area (Å²) in [5.74, 6) is 0. The predicted octanol–water partition coefficient (Wildman–Crippen LogP) is 1.41. The van der Waals surface area contributed by atoms with Crippen molar-refractivity contribution in [1.82, 2.24) is 0 Å². The van der Waals surface area contributed by atoms with Gasteiger partial charge >= 0.3 is 12.0 Å². The topological polar surface area (TPSA) is 60.2 Å². The first kappa shape index (κ1) is 9.12. The molecule has 0 amide bonds. The number of carbonyl (C=O) groups excluding carboxylic acids is 1. The quantitative estimate of drug-likeness (QED) is 0.397. The Morgan fingerprint density at radius 3 is 2.46 bits per heavy atom. The van der Waals surface area contributed by atoms with Crippen LogP contribution in [-0.2, 0) is 4.79 Å². The van der Waals surface area contributed by atoms with Gasteiger partial charge in [-0.25, -0.2) is 0 Å². The molecular formula is C9H6NO3. The number of nitrogens with zero attached hydrogens (tertiary/aromatic N) is 1. The predicted molar refractivity (Wildman–Crippen MR) is 47.1 cm³/mol. The zero-order valence-corrected chi connectivity index (χ0v) is 6.64. The SMILES string of the molecule is O=[C]C(=Cc1ccccc1)[N+](=O)[O-]. The standard InChI is InChI=1S/C9H6NO3/c11-7-9(10(12)13)6-8-4-2-1-3-5-8/h1-6H. The summed E-state index contributed by atoms with van der Waals surface area (Å²) in [6.45, 7) is 0. The van der Waals surface area contributed by atoms with Gasteiger partial charge in [-0.05, 0) is 5.56 Å². The molecule has 0 saturated carbocycles. The van der Waals surface area contributed by atoms with E-state index in [0.29, 0.717) is 5.56 Å². The molecule has 0 unspecified atom stereocenters. The van der Waals surface area contributed by atoms with Crippen LogP contribution in [0.5, 0.6) is 0 Å². The van der Waals surface area contributed by atoms with Crippen molar-refractivity contribution in [3.8, 4) is 0 Å². The molecule has 1 aromatic carbocycles. The number of hydrogen-bond acceptors (Lipinski definition) is 3. The number of rotatable bonds is 3. The minimum Gasteiger partial charge on any atom is -0.277 e. The molecule has 0 heterocycles. The van der Waals surface area contributed by atoms with Gasteiger partial charge in [0.05, 0.1) is 4.92 Å². The van der Waals surface area contributed by atoms with Gasteiger partial charge in [-0.2, -0.15) is 0 Å². The van der Waals surface area contributed by atoms with E-state index in [1.165, 1.54) is 12.4 Å². The van der Waals surface area contributed by atoms with Crippen molar-refractivity contribution < 1.29 is 9.72 Å². The summed E-state index contributed by atoms with van der Waals surface area (Å²) in [4.78, 5) is 19.6. The van der Waals surface area contributed by atoms with Gasteiger partial charge in [0.1, 0.15) is 0 Å². The summed E-state index contributed by atoms with van der Waals surface area (Å²) in [7, 11) is 0. The molecule has 0 aliphatic carbocycles. The number of nitro groups is 1. The highest BCUT2D eigenvalue weighted by molar-refractivity contribution is 5.78. The van der Waals surface area contributed by atoms with E-state index >= 15 is 0 Å². The lowest BCUT2D eigenvalue weighted by Gasteiger charge is -1.90. The van der Waals surface area contributed by atoms with Crippen LogP contribution >= 0.6 is 0 Å². The first-order chi connectivity index (χ1) is 6.24. The molecule has 0 saturated heterocycles. The normalized spacial score (nSPS) is 10.9. The van der Waals surface area contributed by atoms with Crippen molar-refractivity contribution >= 4 is 12.4 Å². The highest BCUT2D eigenvalue weighted by atomic mass is 16.6. The molecule has 0 atom stereocenters. The first-order valence-electron chi connectivity index (χ1n) is 3.53. The number of benzene rings is 1. The third kappa shape index (κ3) is 2.52. The van der Waals surface area contributed by atoms with Crippen LogP contribution in [0.2, 0.25) is 0 Å². The van der Waals surface area contributed by atoms with E-state index in [1.54, 1.807) is 30.3 Å². The minimum atomic E-state index is -0.764. The molecular weight excluding hydrogens is 170 g/mol. The van der Waals surface area contributed by atoms with Crippen molar-refractivity contribution in [3.05, 3.63) is 51.7 Å². The molecule has 13 heavy (non-hydrogen) atoms. The van der Waals surface area contributed by atoms with Crippen molar-refractivity contribution in [3.63, 3.8) is 0 Å². The zero-order chi connectivity index (χ0) is 9.68. The maximum absolute atomic E-state index is 10.2. The second kappa shape index (κ2) is 4.15. The fraction of sp³-hybridized carbons (Fsp3) is 0. The monoisotopic (exact) mass is 176 g/mol. The Morgan fingerprint density at radius 1 is 1.38 bits per heavy atom. The summed E-state index contributed by atoms with van der Waals surface area (Å²) in [5, 5.41) is 10.2. The van der Waals surface area contributed by atoms with E-state index in [-0.39, 0.29) is 0 Å². The number of hydrogen-bond donors (Lipinski definition) is 0. The Labute approximate surface area is 74.7 Å². The largest absolute Gasteiger partial charge is 0.321 e. The van der Waals surface area contributed by atoms with Crippen LogP contribution in [0.1, 0.15) is 5.56 Å². The van der Waals surface area contributed by atoms with E-state index < -0.39 is 10.6 Å². The van der Waals surface area contributed by atoms with E-state index in [9.17, 15) is 14.9 Å². The summed E-state index contributed by atoms with van der Waals surface area (Å²) in [5.41, 5.74) is 0.0451. The minimum absolute atomic E-state index is 0.564. The van der Waals surface area contributed by atoms with E-state index in [4.69, 9.17) is 0 Å². The summed E-state index contributed by atoms with van der Waals surface area (Å²) >= 11 is 0. The molecule has 1 rings (SSSR count). The van der Waals surface area contributed by atoms with Crippen molar-refractivity contribution in [2.24, 2.45) is 0 Å². The lowest BCUT2D eigenvalue weighted by Crippen LogP contribution is -1.98. The molecule has 4 nitrogen and oxygen atoms in total. The smallest absolute Gasteiger partial charge is 0.277 e. The van der Waals surface area contributed by atoms with Crippen LogP contribution in [0, 0.1) is 10.1 Å². The maximum atomic E-state index is 10.2. The van der Waals surface area contributed by atoms with E-state index in [1.807, 2.05) is 0 Å². The van der Waals surface area contributed by atoms with E-state index in [0.717, 1.165) is 0 Å². The lowest BCUT2D eigenvalue weighted by molar-refractivity contribution is -0.413. The number of allylic oxidation sites excluding steroid dienone is 1. The molecule has 0 N–H and O–H groups in total. The highest BCUT2D eigenvalue weighted by Gasteiger charge is 2.08. The Kier molecular flexibility index (Phi) is 2.92. The molecule has 0 fully saturated rings. The summed E-state index contributed by atoms with van der Waals surface area (Å²) in [6, 6.07) is 8.58. The Balaban J connectivity index is 2.98. The van der Waals surface area contributed by atoms with Crippen LogP contribution in [0.25, 0.3) is 6.08 Å². The average Bonchev–Trinajstić information content (AvgIpc) is 2.15. The highest BCUT2D eigenvalue weighted by Crippen LogP contribution is 2.04. The van der Waals surface area contributed by atoms with E-state index in [2.05, 4.69) is 0 Å². The lowest BCUT2D eigenvalue weighted by atomic mass is 10.2. The van der Waals surface area contributed by atoms with Crippen LogP contribution in [0.3, 0.4) is 0 Å². The molecule has 65 valence electrons. The molecule has 0 aliphatic heterocycles. The van der Waals surface area contributed by atoms with Gasteiger partial charge in [0.2, 0.25) is 0 Å². The van der Waals surface area contributed by atoms with Gasteiger partial charge in [-0.1, -0.05) is 30.3 Å². The summed E-state index contributed by atoms with van der Waals surface area (Å²) < 4.78 is 0. The molecule has 0 spiro atoms. The van der Waals surface area contributed by atoms with Gasteiger partial charge in [-0.3, -0.25) is 14.9 Å². The summed E-state index contributed by atoms with van der Waals surface area (Å²) in [6.07, 6.45) is 2.44. The van der Waals surface area contributed by atoms with Crippen LogP contribution in [0.15, 0.2) is 36.0 Å². The van der Waals surface area contributed by atoms with Crippen molar-refractivity contribution in [2.45, 2.75) is 0 Å². The van der Waals surface area contributed by atoms with Crippen LogP contribution in [-0.4, -0.2) is 11.2 Å². The fourth-order valence-corrected chi connectivity index (χ4v) is 0.827. The van der Waals surface area contributed by atoms with Gasteiger partial charge in [-0.15, -0.1) is 0 Å². The van der Waals surface area contributed by atoms with Crippen molar-refractivity contribution in [1.29, 1.82) is 0 Å². The molecule has 4 heteroatoms.